The van der Waals surface area contributed by atoms with Crippen molar-refractivity contribution in [1.82, 2.24) is 0 Å². The molecule has 0 aliphatic heterocycles. The molecule has 0 saturated carbocycles. The lowest BCUT2D eigenvalue weighted by molar-refractivity contribution is 0.434. The second kappa shape index (κ2) is 11.8. The van der Waals surface area contributed by atoms with E-state index in [9.17, 15) is 18.1 Å². The SMILES string of the molecule is CCCCCCCCCCCc1c(O)cc(S(=O)(=O)O)cc1Oc1ccccc1. The minimum atomic E-state index is -4.44. The maximum Gasteiger partial charge on any atom is 0.294 e. The van der Waals surface area contributed by atoms with Crippen LogP contribution in [0.15, 0.2) is 47.4 Å². The summed E-state index contributed by atoms with van der Waals surface area (Å²) in [6, 6.07) is 11.3. The van der Waals surface area contributed by atoms with Crippen LogP contribution in [0.4, 0.5) is 0 Å². The molecule has 0 aromatic heterocycles. The van der Waals surface area contributed by atoms with Gasteiger partial charge in [0.15, 0.2) is 0 Å². The number of aromatic hydroxyl groups is 1. The Balaban J connectivity index is 2.00. The third kappa shape index (κ3) is 8.07. The monoisotopic (exact) mass is 420 g/mol. The van der Waals surface area contributed by atoms with Crippen molar-refractivity contribution in [3.63, 3.8) is 0 Å². The van der Waals surface area contributed by atoms with Crippen molar-refractivity contribution in [1.29, 1.82) is 0 Å². The highest BCUT2D eigenvalue weighted by atomic mass is 32.2. The summed E-state index contributed by atoms with van der Waals surface area (Å²) in [5.41, 5.74) is 0.559. The first-order chi connectivity index (χ1) is 13.9. The Kier molecular flexibility index (Phi) is 9.48. The van der Waals surface area contributed by atoms with Gasteiger partial charge < -0.3 is 9.84 Å². The zero-order valence-electron chi connectivity index (χ0n) is 17.1. The Morgan fingerprint density at radius 1 is 0.862 bits per heavy atom. The van der Waals surface area contributed by atoms with Gasteiger partial charge in [-0.1, -0.05) is 76.5 Å². The first-order valence-electron chi connectivity index (χ1n) is 10.5. The van der Waals surface area contributed by atoms with Crippen molar-refractivity contribution in [2.24, 2.45) is 0 Å². The van der Waals surface area contributed by atoms with E-state index in [1.54, 1.807) is 12.1 Å². The van der Waals surface area contributed by atoms with E-state index in [1.165, 1.54) is 44.6 Å². The summed E-state index contributed by atoms with van der Waals surface area (Å²) in [7, 11) is -4.44. The number of hydrogen-bond acceptors (Lipinski definition) is 4. The Morgan fingerprint density at radius 2 is 1.45 bits per heavy atom. The Hall–Kier alpha value is -2.05. The minimum Gasteiger partial charge on any atom is -0.507 e. The van der Waals surface area contributed by atoms with E-state index in [4.69, 9.17) is 4.74 Å². The summed E-state index contributed by atoms with van der Waals surface area (Å²) in [5, 5.41) is 10.4. The number of ether oxygens (including phenoxy) is 1. The first-order valence-corrected chi connectivity index (χ1v) is 11.9. The Morgan fingerprint density at radius 3 is 2.03 bits per heavy atom. The molecule has 2 aromatic rings. The van der Waals surface area contributed by atoms with Crippen LogP contribution >= 0.6 is 0 Å². The number of para-hydroxylation sites is 1. The molecule has 0 spiro atoms. The average molecular weight is 421 g/mol. The van der Waals surface area contributed by atoms with E-state index in [1.807, 2.05) is 18.2 Å². The van der Waals surface area contributed by atoms with Crippen LogP contribution in [0.3, 0.4) is 0 Å². The summed E-state index contributed by atoms with van der Waals surface area (Å²) < 4.78 is 38.2. The van der Waals surface area contributed by atoms with Crippen molar-refractivity contribution in [2.75, 3.05) is 0 Å². The molecule has 0 unspecified atom stereocenters. The molecule has 0 aliphatic rings. The van der Waals surface area contributed by atoms with Crippen molar-refractivity contribution >= 4 is 10.1 Å². The predicted octanol–water partition coefficient (Wildman–Crippen LogP) is 6.50. The maximum absolute atomic E-state index is 11.5. The lowest BCUT2D eigenvalue weighted by atomic mass is 10.0. The fraction of sp³-hybridized carbons (Fsp3) is 0.478. The highest BCUT2D eigenvalue weighted by Crippen LogP contribution is 2.36. The number of phenols is 1. The van der Waals surface area contributed by atoms with Crippen LogP contribution in [0, 0.1) is 0 Å². The van der Waals surface area contributed by atoms with Crippen molar-refractivity contribution in [3.8, 4) is 17.2 Å². The van der Waals surface area contributed by atoms with Gasteiger partial charge in [0.05, 0.1) is 0 Å². The quantitative estimate of drug-likeness (QED) is 0.285. The van der Waals surface area contributed by atoms with E-state index in [-0.39, 0.29) is 16.4 Å². The molecule has 2 aromatic carbocycles. The van der Waals surface area contributed by atoms with Crippen molar-refractivity contribution in [2.45, 2.75) is 76.0 Å². The molecule has 0 aliphatic carbocycles. The van der Waals surface area contributed by atoms with Gasteiger partial charge in [0.25, 0.3) is 10.1 Å². The molecule has 160 valence electrons. The zero-order chi connectivity index (χ0) is 21.1. The Bertz CT molecular complexity index is 847. The number of phenolic OH excluding ortho intramolecular Hbond substituents is 1. The van der Waals surface area contributed by atoms with Gasteiger partial charge in [0.1, 0.15) is 22.1 Å². The molecular weight excluding hydrogens is 388 g/mol. The third-order valence-corrected chi connectivity index (χ3v) is 5.79. The van der Waals surface area contributed by atoms with Gasteiger partial charge in [-0.05, 0) is 25.0 Å². The van der Waals surface area contributed by atoms with Crippen LogP contribution in [0.5, 0.6) is 17.2 Å². The molecule has 2 rings (SSSR count). The van der Waals surface area contributed by atoms with Crippen LogP contribution in [0.25, 0.3) is 0 Å². The molecule has 0 fully saturated rings. The van der Waals surface area contributed by atoms with Crippen LogP contribution in [0.2, 0.25) is 0 Å². The highest BCUT2D eigenvalue weighted by molar-refractivity contribution is 7.85. The molecule has 0 heterocycles. The van der Waals surface area contributed by atoms with Gasteiger partial charge in [-0.2, -0.15) is 8.42 Å². The summed E-state index contributed by atoms with van der Waals surface area (Å²) in [4.78, 5) is -0.378. The van der Waals surface area contributed by atoms with E-state index >= 15 is 0 Å². The van der Waals surface area contributed by atoms with E-state index in [0.29, 0.717) is 17.7 Å². The molecule has 0 atom stereocenters. The van der Waals surface area contributed by atoms with E-state index in [2.05, 4.69) is 6.92 Å². The molecule has 0 bridgehead atoms. The lowest BCUT2D eigenvalue weighted by Crippen LogP contribution is -2.01. The maximum atomic E-state index is 11.5. The largest absolute Gasteiger partial charge is 0.507 e. The summed E-state index contributed by atoms with van der Waals surface area (Å²) in [6.45, 7) is 2.22. The zero-order valence-corrected chi connectivity index (χ0v) is 18.0. The topological polar surface area (TPSA) is 83.8 Å². The molecule has 2 N–H and O–H groups in total. The lowest BCUT2D eigenvalue weighted by Gasteiger charge is -2.14. The van der Waals surface area contributed by atoms with Gasteiger partial charge in [-0.3, -0.25) is 4.55 Å². The normalized spacial score (nSPS) is 11.5. The molecule has 29 heavy (non-hydrogen) atoms. The number of hydrogen-bond donors (Lipinski definition) is 2. The molecule has 0 radical (unpaired) electrons. The van der Waals surface area contributed by atoms with Gasteiger partial charge in [0, 0.05) is 17.7 Å². The molecule has 0 amide bonds. The van der Waals surface area contributed by atoms with Gasteiger partial charge in [-0.15, -0.1) is 0 Å². The number of unbranched alkanes of at least 4 members (excludes halogenated alkanes) is 8. The molecule has 5 nitrogen and oxygen atoms in total. The van der Waals surface area contributed by atoms with E-state index in [0.717, 1.165) is 25.3 Å². The smallest absolute Gasteiger partial charge is 0.294 e. The molecule has 0 saturated heterocycles. The van der Waals surface area contributed by atoms with E-state index < -0.39 is 10.1 Å². The van der Waals surface area contributed by atoms with Crippen LogP contribution in [0.1, 0.15) is 70.3 Å². The second-order valence-corrected chi connectivity index (χ2v) is 8.81. The molecular formula is C23H32O5S. The predicted molar refractivity (Wildman–Crippen MR) is 115 cm³/mol. The fourth-order valence-electron chi connectivity index (χ4n) is 3.33. The van der Waals surface area contributed by atoms with Crippen LogP contribution in [-0.2, 0) is 16.5 Å². The minimum absolute atomic E-state index is 0.175. The summed E-state index contributed by atoms with van der Waals surface area (Å²) in [6.07, 6.45) is 11.3. The van der Waals surface area contributed by atoms with Gasteiger partial charge in [0.2, 0.25) is 0 Å². The molecule has 6 heteroatoms. The average Bonchev–Trinajstić information content (AvgIpc) is 2.68. The standard InChI is InChI=1S/C23H32O5S/c1-2-3-4-5-6-7-8-9-13-16-21-22(24)17-20(29(25,26)27)18-23(21)28-19-14-11-10-12-15-19/h10-12,14-15,17-18,24H,2-9,13,16H2,1H3,(H,25,26,27). The fourth-order valence-corrected chi connectivity index (χ4v) is 3.84. The highest BCUT2D eigenvalue weighted by Gasteiger charge is 2.18. The van der Waals surface area contributed by atoms with Gasteiger partial charge >= 0.3 is 0 Å². The Labute approximate surface area is 174 Å². The van der Waals surface area contributed by atoms with Crippen LogP contribution < -0.4 is 4.74 Å². The second-order valence-electron chi connectivity index (χ2n) is 7.39. The summed E-state index contributed by atoms with van der Waals surface area (Å²) >= 11 is 0. The first kappa shape index (κ1) is 23.2. The summed E-state index contributed by atoms with van der Waals surface area (Å²) in [5.74, 6) is 0.613. The van der Waals surface area contributed by atoms with Crippen molar-refractivity contribution < 1.29 is 22.8 Å². The number of rotatable bonds is 13. The van der Waals surface area contributed by atoms with Gasteiger partial charge in [-0.25, -0.2) is 0 Å². The van der Waals surface area contributed by atoms with Crippen LogP contribution in [-0.4, -0.2) is 18.1 Å². The number of benzene rings is 2. The third-order valence-electron chi connectivity index (χ3n) is 4.96. The van der Waals surface area contributed by atoms with Crippen molar-refractivity contribution in [3.05, 3.63) is 48.0 Å².